The monoisotopic (exact) mass is 285 g/mol. The molecule has 1 aromatic carbocycles. The summed E-state index contributed by atoms with van der Waals surface area (Å²) in [7, 11) is 0. The predicted molar refractivity (Wildman–Crippen MR) is 60.4 cm³/mol. The highest BCUT2D eigenvalue weighted by atomic mass is 79.9. The smallest absolute Gasteiger partial charge is 0.0624 e. The van der Waals surface area contributed by atoms with E-state index in [9.17, 15) is 0 Å². The van der Waals surface area contributed by atoms with Gasteiger partial charge in [0.1, 0.15) is 0 Å². The molecule has 0 radical (unpaired) electrons. The largest absolute Gasteiger partial charge is 0.394 e. The third-order valence-electron chi connectivity index (χ3n) is 1.58. The van der Waals surface area contributed by atoms with Crippen LogP contribution < -0.4 is 5.73 Å². The van der Waals surface area contributed by atoms with E-state index in [1.54, 1.807) is 6.07 Å². The Morgan fingerprint density at radius 3 is 2.69 bits per heavy atom. The summed E-state index contributed by atoms with van der Waals surface area (Å²) >= 11 is 9.20. The minimum Gasteiger partial charge on any atom is -0.394 e. The number of benzene rings is 1. The Balaban J connectivity index is 0.00000144. The molecule has 3 N–H and O–H groups in total. The molecule has 0 saturated heterocycles. The molecule has 0 heterocycles. The first-order valence-corrected chi connectivity index (χ1v) is 4.64. The highest BCUT2D eigenvalue weighted by molar-refractivity contribution is 9.10. The van der Waals surface area contributed by atoms with Gasteiger partial charge in [0.15, 0.2) is 0 Å². The summed E-state index contributed by atoms with van der Waals surface area (Å²) in [5.41, 5.74) is 6.37. The van der Waals surface area contributed by atoms with Gasteiger partial charge in [-0.1, -0.05) is 23.7 Å². The topological polar surface area (TPSA) is 46.2 Å². The molecule has 5 heteroatoms. The van der Waals surface area contributed by atoms with Crippen molar-refractivity contribution in [2.24, 2.45) is 5.73 Å². The van der Waals surface area contributed by atoms with Crippen molar-refractivity contribution in [1.29, 1.82) is 0 Å². The molecule has 74 valence electrons. The summed E-state index contributed by atoms with van der Waals surface area (Å²) < 4.78 is 0.797. The first kappa shape index (κ1) is 13.2. The Morgan fingerprint density at radius 1 is 1.54 bits per heavy atom. The van der Waals surface area contributed by atoms with Gasteiger partial charge >= 0.3 is 0 Å². The number of hydrogen-bond donors (Lipinski definition) is 2. The third-order valence-corrected chi connectivity index (χ3v) is 2.89. The molecule has 0 amide bonds. The Bertz CT molecular complexity index is 283. The van der Waals surface area contributed by atoms with Gasteiger partial charge in [0.2, 0.25) is 0 Å². The lowest BCUT2D eigenvalue weighted by Crippen LogP contribution is -2.14. The van der Waals surface area contributed by atoms with Crippen LogP contribution in [0.2, 0.25) is 5.02 Å². The fraction of sp³-hybridized carbons (Fsp3) is 0.250. The van der Waals surface area contributed by atoms with Gasteiger partial charge in [0.25, 0.3) is 0 Å². The molecule has 1 aromatic rings. The molecule has 0 aliphatic rings. The van der Waals surface area contributed by atoms with Crippen LogP contribution in [-0.2, 0) is 0 Å². The van der Waals surface area contributed by atoms with Crippen molar-refractivity contribution in [2.75, 3.05) is 6.61 Å². The molecule has 0 aromatic heterocycles. The number of aliphatic hydroxyl groups is 1. The van der Waals surface area contributed by atoms with Gasteiger partial charge in [-0.05, 0) is 27.6 Å². The molecule has 0 bridgehead atoms. The molecular weight excluding hydrogens is 277 g/mol. The van der Waals surface area contributed by atoms with Crippen molar-refractivity contribution < 1.29 is 5.11 Å². The molecule has 0 fully saturated rings. The van der Waals surface area contributed by atoms with Crippen molar-refractivity contribution in [3.05, 3.63) is 33.3 Å². The Morgan fingerprint density at radius 2 is 2.15 bits per heavy atom. The molecule has 1 atom stereocenters. The molecule has 13 heavy (non-hydrogen) atoms. The second-order valence-corrected chi connectivity index (χ2v) is 3.66. The average Bonchev–Trinajstić information content (AvgIpc) is 2.08. The summed E-state index contributed by atoms with van der Waals surface area (Å²) in [5, 5.41) is 9.37. The summed E-state index contributed by atoms with van der Waals surface area (Å²) in [6.07, 6.45) is 0. The van der Waals surface area contributed by atoms with Gasteiger partial charge in [-0.3, -0.25) is 0 Å². The van der Waals surface area contributed by atoms with E-state index in [0.29, 0.717) is 5.02 Å². The Hall–Kier alpha value is 0.200. The van der Waals surface area contributed by atoms with Gasteiger partial charge in [0, 0.05) is 4.47 Å². The van der Waals surface area contributed by atoms with Crippen molar-refractivity contribution in [3.8, 4) is 0 Å². The van der Waals surface area contributed by atoms with E-state index < -0.39 is 6.04 Å². The summed E-state index contributed by atoms with van der Waals surface area (Å²) in [6, 6.07) is 5.06. The van der Waals surface area contributed by atoms with Crippen molar-refractivity contribution in [2.45, 2.75) is 6.04 Å². The van der Waals surface area contributed by atoms with Gasteiger partial charge in [-0.25, -0.2) is 0 Å². The van der Waals surface area contributed by atoms with Crippen LogP contribution in [0.3, 0.4) is 0 Å². The molecule has 2 nitrogen and oxygen atoms in total. The maximum Gasteiger partial charge on any atom is 0.0624 e. The van der Waals surface area contributed by atoms with E-state index in [1.165, 1.54) is 0 Å². The molecule has 0 aliphatic carbocycles. The molecule has 1 unspecified atom stereocenters. The van der Waals surface area contributed by atoms with E-state index in [-0.39, 0.29) is 19.0 Å². The minimum absolute atomic E-state index is 0. The van der Waals surface area contributed by atoms with Crippen LogP contribution >= 0.6 is 39.9 Å². The zero-order chi connectivity index (χ0) is 9.14. The van der Waals surface area contributed by atoms with E-state index in [0.717, 1.165) is 10.0 Å². The zero-order valence-electron chi connectivity index (χ0n) is 6.71. The highest BCUT2D eigenvalue weighted by Crippen LogP contribution is 2.28. The lowest BCUT2D eigenvalue weighted by Gasteiger charge is -2.10. The van der Waals surface area contributed by atoms with Crippen molar-refractivity contribution >= 4 is 39.9 Å². The lowest BCUT2D eigenvalue weighted by molar-refractivity contribution is 0.268. The fourth-order valence-electron chi connectivity index (χ4n) is 0.905. The van der Waals surface area contributed by atoms with Crippen LogP contribution in [0.4, 0.5) is 0 Å². The van der Waals surface area contributed by atoms with Crippen molar-refractivity contribution in [1.82, 2.24) is 0 Å². The molecular formula is C8H10BrCl2NO. The Kier molecular flexibility index (Phi) is 5.92. The van der Waals surface area contributed by atoms with Gasteiger partial charge in [-0.2, -0.15) is 0 Å². The average molecular weight is 287 g/mol. The maximum absolute atomic E-state index is 8.80. The van der Waals surface area contributed by atoms with Crippen LogP contribution in [0, 0.1) is 0 Å². The van der Waals surface area contributed by atoms with Gasteiger partial charge in [0.05, 0.1) is 17.7 Å². The number of aliphatic hydroxyl groups excluding tert-OH is 1. The van der Waals surface area contributed by atoms with E-state index >= 15 is 0 Å². The van der Waals surface area contributed by atoms with E-state index in [1.807, 2.05) is 12.1 Å². The normalized spacial score (nSPS) is 12.0. The number of rotatable bonds is 2. The third kappa shape index (κ3) is 3.11. The summed E-state index contributed by atoms with van der Waals surface area (Å²) in [6.45, 7) is -0.101. The number of hydrogen-bond acceptors (Lipinski definition) is 2. The summed E-state index contributed by atoms with van der Waals surface area (Å²) in [4.78, 5) is 0. The van der Waals surface area contributed by atoms with Crippen LogP contribution in [0.5, 0.6) is 0 Å². The first-order chi connectivity index (χ1) is 5.66. The van der Waals surface area contributed by atoms with Crippen molar-refractivity contribution in [3.63, 3.8) is 0 Å². The highest BCUT2D eigenvalue weighted by Gasteiger charge is 2.10. The Labute approximate surface area is 96.6 Å². The summed E-state index contributed by atoms with van der Waals surface area (Å²) in [5.74, 6) is 0. The lowest BCUT2D eigenvalue weighted by atomic mass is 10.1. The van der Waals surface area contributed by atoms with Crippen LogP contribution in [0.15, 0.2) is 22.7 Å². The molecule has 1 rings (SSSR count). The molecule has 0 aliphatic heterocycles. The minimum atomic E-state index is -0.407. The van der Waals surface area contributed by atoms with Crippen LogP contribution in [-0.4, -0.2) is 11.7 Å². The first-order valence-electron chi connectivity index (χ1n) is 3.47. The van der Waals surface area contributed by atoms with Gasteiger partial charge < -0.3 is 10.8 Å². The second kappa shape index (κ2) is 5.83. The molecule has 0 spiro atoms. The number of halogens is 3. The predicted octanol–water partition coefficient (Wildman–Crippen LogP) is 2.52. The number of nitrogens with two attached hydrogens (primary N) is 1. The van der Waals surface area contributed by atoms with Crippen LogP contribution in [0.25, 0.3) is 0 Å². The standard InChI is InChI=1S/C8H9BrClNO.ClH/c9-6-3-1-2-5(8(6)10)7(11)4-12;/h1-3,7,12H,4,11H2;1H. The zero-order valence-corrected chi connectivity index (χ0v) is 9.86. The molecule has 0 saturated carbocycles. The quantitative estimate of drug-likeness (QED) is 0.878. The van der Waals surface area contributed by atoms with E-state index in [2.05, 4.69) is 15.9 Å². The van der Waals surface area contributed by atoms with Gasteiger partial charge in [-0.15, -0.1) is 12.4 Å². The maximum atomic E-state index is 8.80. The SMILES string of the molecule is Cl.NC(CO)c1cccc(Br)c1Cl. The van der Waals surface area contributed by atoms with Crippen LogP contribution in [0.1, 0.15) is 11.6 Å². The second-order valence-electron chi connectivity index (χ2n) is 2.43. The van der Waals surface area contributed by atoms with E-state index in [4.69, 9.17) is 22.4 Å². The fourth-order valence-corrected chi connectivity index (χ4v) is 1.55.